The lowest BCUT2D eigenvalue weighted by Crippen LogP contribution is -2.25. The van der Waals surface area contributed by atoms with E-state index in [2.05, 4.69) is 46.8 Å². The van der Waals surface area contributed by atoms with Crippen molar-refractivity contribution in [3.63, 3.8) is 0 Å². The van der Waals surface area contributed by atoms with Gasteiger partial charge in [0.1, 0.15) is 0 Å². The summed E-state index contributed by atoms with van der Waals surface area (Å²) in [5.74, 6) is -0.117. The van der Waals surface area contributed by atoms with E-state index in [1.165, 1.54) is 28.7 Å². The molecular formula is C21H23N3O3S. The van der Waals surface area contributed by atoms with E-state index in [1.54, 1.807) is 12.1 Å². The molecule has 0 atom stereocenters. The van der Waals surface area contributed by atoms with E-state index in [0.717, 1.165) is 17.0 Å². The maximum Gasteiger partial charge on any atom is 0.286 e. The van der Waals surface area contributed by atoms with Gasteiger partial charge < -0.3 is 15.1 Å². The van der Waals surface area contributed by atoms with Crippen LogP contribution in [0.15, 0.2) is 47.1 Å². The maximum absolute atomic E-state index is 12.1. The molecule has 2 amide bonds. The highest BCUT2D eigenvalue weighted by molar-refractivity contribution is 7.15. The number of aromatic nitrogens is 1. The Morgan fingerprint density at radius 2 is 1.93 bits per heavy atom. The second kappa shape index (κ2) is 9.32. The summed E-state index contributed by atoms with van der Waals surface area (Å²) in [6.07, 6.45) is 3.10. The Labute approximate surface area is 168 Å². The molecule has 2 N–H and O–H groups in total. The van der Waals surface area contributed by atoms with E-state index in [-0.39, 0.29) is 17.6 Å². The first-order valence-corrected chi connectivity index (χ1v) is 9.96. The molecule has 0 saturated carbocycles. The van der Waals surface area contributed by atoms with Crippen LogP contribution >= 0.6 is 11.3 Å². The zero-order valence-electron chi connectivity index (χ0n) is 16.0. The van der Waals surface area contributed by atoms with Gasteiger partial charge in [-0.05, 0) is 38.0 Å². The average molecular weight is 398 g/mol. The van der Waals surface area contributed by atoms with Crippen molar-refractivity contribution in [1.29, 1.82) is 0 Å². The summed E-state index contributed by atoms with van der Waals surface area (Å²) in [6.45, 7) is 4.43. The number of amides is 2. The smallest absolute Gasteiger partial charge is 0.286 e. The Bertz CT molecular complexity index is 930. The molecule has 0 aliphatic heterocycles. The minimum absolute atomic E-state index is 0.108. The molecule has 0 saturated heterocycles. The van der Waals surface area contributed by atoms with Gasteiger partial charge in [0.05, 0.1) is 12.0 Å². The third kappa shape index (κ3) is 5.53. The summed E-state index contributed by atoms with van der Waals surface area (Å²) in [5, 5.41) is 6.19. The van der Waals surface area contributed by atoms with E-state index in [0.29, 0.717) is 24.5 Å². The quantitative estimate of drug-likeness (QED) is 0.561. The molecule has 2 heterocycles. The Morgan fingerprint density at radius 3 is 2.64 bits per heavy atom. The van der Waals surface area contributed by atoms with Crippen molar-refractivity contribution >= 4 is 28.3 Å². The van der Waals surface area contributed by atoms with Crippen LogP contribution in [0.1, 0.15) is 45.1 Å². The summed E-state index contributed by atoms with van der Waals surface area (Å²) >= 11 is 1.50. The second-order valence-electron chi connectivity index (χ2n) is 6.57. The number of nitrogens with zero attached hydrogens (tertiary/aromatic N) is 1. The van der Waals surface area contributed by atoms with Crippen LogP contribution in [-0.4, -0.2) is 23.3 Å². The minimum Gasteiger partial charge on any atom is -0.459 e. The number of furan rings is 1. The lowest BCUT2D eigenvalue weighted by atomic mass is 10.1. The van der Waals surface area contributed by atoms with Gasteiger partial charge in [0.2, 0.25) is 5.91 Å². The zero-order valence-corrected chi connectivity index (χ0v) is 16.8. The van der Waals surface area contributed by atoms with E-state index < -0.39 is 0 Å². The van der Waals surface area contributed by atoms with Crippen molar-refractivity contribution in [3.05, 3.63) is 70.1 Å². The first-order chi connectivity index (χ1) is 13.5. The van der Waals surface area contributed by atoms with Crippen molar-refractivity contribution < 1.29 is 14.0 Å². The number of hydrogen-bond donors (Lipinski definition) is 2. The number of carbonyl (C=O) groups is 2. The van der Waals surface area contributed by atoms with Gasteiger partial charge in [0, 0.05) is 24.3 Å². The van der Waals surface area contributed by atoms with Crippen LogP contribution in [-0.2, 0) is 11.2 Å². The van der Waals surface area contributed by atoms with Crippen LogP contribution in [0.3, 0.4) is 0 Å². The minimum atomic E-state index is -0.276. The molecule has 0 unspecified atom stereocenters. The maximum atomic E-state index is 12.1. The summed E-state index contributed by atoms with van der Waals surface area (Å²) < 4.78 is 5.02. The number of anilines is 1. The molecule has 28 heavy (non-hydrogen) atoms. The molecule has 6 nitrogen and oxygen atoms in total. The monoisotopic (exact) mass is 397 g/mol. The molecule has 1 aromatic carbocycles. The van der Waals surface area contributed by atoms with Crippen molar-refractivity contribution in [3.8, 4) is 0 Å². The number of benzene rings is 1. The Hall–Kier alpha value is -2.93. The number of carbonyl (C=O) groups excluding carboxylic acids is 2. The predicted octanol–water partition coefficient (Wildman–Crippen LogP) is 4.09. The van der Waals surface area contributed by atoms with Crippen LogP contribution in [0, 0.1) is 13.8 Å². The summed E-state index contributed by atoms with van der Waals surface area (Å²) in [6, 6.07) is 11.7. The third-order valence-corrected chi connectivity index (χ3v) is 5.31. The fourth-order valence-corrected chi connectivity index (χ4v) is 3.68. The number of hydrogen-bond acceptors (Lipinski definition) is 5. The van der Waals surface area contributed by atoms with E-state index in [1.807, 2.05) is 6.92 Å². The van der Waals surface area contributed by atoms with Crippen LogP contribution < -0.4 is 10.6 Å². The van der Waals surface area contributed by atoms with Gasteiger partial charge in [-0.2, -0.15) is 0 Å². The first kappa shape index (κ1) is 19.8. The molecule has 3 rings (SSSR count). The normalized spacial score (nSPS) is 10.6. The largest absolute Gasteiger partial charge is 0.459 e. The molecule has 2 aromatic heterocycles. The molecule has 0 bridgehead atoms. The molecule has 146 valence electrons. The summed E-state index contributed by atoms with van der Waals surface area (Å²) in [4.78, 5) is 29.5. The van der Waals surface area contributed by atoms with Gasteiger partial charge in [-0.1, -0.05) is 29.8 Å². The highest BCUT2D eigenvalue weighted by atomic mass is 32.1. The van der Waals surface area contributed by atoms with E-state index >= 15 is 0 Å². The van der Waals surface area contributed by atoms with Crippen LogP contribution in [0.5, 0.6) is 0 Å². The Morgan fingerprint density at radius 1 is 1.14 bits per heavy atom. The van der Waals surface area contributed by atoms with E-state index in [4.69, 9.17) is 4.42 Å². The molecule has 0 spiro atoms. The lowest BCUT2D eigenvalue weighted by Gasteiger charge is -2.03. The van der Waals surface area contributed by atoms with Crippen molar-refractivity contribution in [2.75, 3.05) is 11.9 Å². The van der Waals surface area contributed by atoms with Gasteiger partial charge in [-0.15, -0.1) is 11.3 Å². The standard InChI is InChI=1S/C21H23N3O3S/c1-14-7-9-16(10-8-14)13-18-15(2)23-21(28-18)24-19(25)6-3-11-22-20(26)17-5-4-12-27-17/h4-5,7-10,12H,3,6,11,13H2,1-2H3,(H,22,26)(H,23,24,25). The molecule has 7 heteroatoms. The number of nitrogens with one attached hydrogen (secondary N) is 2. The van der Waals surface area contributed by atoms with Crippen LogP contribution in [0.25, 0.3) is 0 Å². The average Bonchev–Trinajstić information content (AvgIpc) is 3.31. The van der Waals surface area contributed by atoms with Gasteiger partial charge in [-0.3, -0.25) is 9.59 Å². The molecule has 0 radical (unpaired) electrons. The fourth-order valence-electron chi connectivity index (χ4n) is 2.66. The summed E-state index contributed by atoms with van der Waals surface area (Å²) in [7, 11) is 0. The fraction of sp³-hybridized carbons (Fsp3) is 0.286. The third-order valence-electron chi connectivity index (χ3n) is 4.24. The molecule has 0 fully saturated rings. The second-order valence-corrected chi connectivity index (χ2v) is 7.66. The van der Waals surface area contributed by atoms with Crippen molar-refractivity contribution in [2.24, 2.45) is 0 Å². The topological polar surface area (TPSA) is 84.2 Å². The summed E-state index contributed by atoms with van der Waals surface area (Å²) in [5.41, 5.74) is 3.40. The zero-order chi connectivity index (χ0) is 19.9. The first-order valence-electron chi connectivity index (χ1n) is 9.14. The number of rotatable bonds is 8. The van der Waals surface area contributed by atoms with Gasteiger partial charge >= 0.3 is 0 Å². The Kier molecular flexibility index (Phi) is 6.60. The number of thiazole rings is 1. The SMILES string of the molecule is Cc1ccc(Cc2sc(NC(=O)CCCNC(=O)c3ccco3)nc2C)cc1. The predicted molar refractivity (Wildman–Crippen MR) is 110 cm³/mol. The van der Waals surface area contributed by atoms with E-state index in [9.17, 15) is 9.59 Å². The van der Waals surface area contributed by atoms with Crippen LogP contribution in [0.4, 0.5) is 5.13 Å². The highest BCUT2D eigenvalue weighted by Crippen LogP contribution is 2.25. The number of aryl methyl sites for hydroxylation is 2. The molecule has 3 aromatic rings. The van der Waals surface area contributed by atoms with Crippen molar-refractivity contribution in [1.82, 2.24) is 10.3 Å². The highest BCUT2D eigenvalue weighted by Gasteiger charge is 2.12. The lowest BCUT2D eigenvalue weighted by molar-refractivity contribution is -0.116. The molecular weight excluding hydrogens is 374 g/mol. The van der Waals surface area contributed by atoms with Gasteiger partial charge in [0.15, 0.2) is 10.9 Å². The van der Waals surface area contributed by atoms with Crippen LogP contribution in [0.2, 0.25) is 0 Å². The van der Waals surface area contributed by atoms with Gasteiger partial charge in [0.25, 0.3) is 5.91 Å². The van der Waals surface area contributed by atoms with Gasteiger partial charge in [-0.25, -0.2) is 4.98 Å². The molecule has 0 aliphatic carbocycles. The molecule has 0 aliphatic rings. The van der Waals surface area contributed by atoms with Crippen molar-refractivity contribution in [2.45, 2.75) is 33.1 Å². The Balaban J connectivity index is 1.44.